The molecular weight excluding hydrogens is 330 g/mol. The summed E-state index contributed by atoms with van der Waals surface area (Å²) < 4.78 is 0. The number of aryl methyl sites for hydroxylation is 1. The minimum absolute atomic E-state index is 0.0971. The molecule has 0 N–H and O–H groups in total. The number of pyridine rings is 2. The van der Waals surface area contributed by atoms with Gasteiger partial charge in [-0.05, 0) is 31.2 Å². The van der Waals surface area contributed by atoms with E-state index in [1.165, 1.54) is 11.8 Å². The van der Waals surface area contributed by atoms with Crippen molar-refractivity contribution in [3.8, 4) is 0 Å². The molecule has 0 atom stereocenters. The van der Waals surface area contributed by atoms with Crippen LogP contribution < -0.4 is 9.80 Å². The molecule has 1 aliphatic rings. The molecule has 4 rings (SSSR count). The van der Waals surface area contributed by atoms with E-state index < -0.39 is 0 Å². The average molecular weight is 349 g/mol. The maximum absolute atomic E-state index is 11.2. The van der Waals surface area contributed by atoms with Crippen LogP contribution in [0.25, 0.3) is 10.9 Å². The highest BCUT2D eigenvalue weighted by Gasteiger charge is 2.20. The fourth-order valence-electron chi connectivity index (χ4n) is 3.46. The van der Waals surface area contributed by atoms with Gasteiger partial charge in [-0.25, -0.2) is 0 Å². The first-order valence-electron chi connectivity index (χ1n) is 8.57. The number of fused-ring (bicyclic) bond motifs is 1. The van der Waals surface area contributed by atoms with Crippen molar-refractivity contribution in [3.63, 3.8) is 0 Å². The Hall–Kier alpha value is -3.22. The van der Waals surface area contributed by atoms with Crippen LogP contribution in [0.4, 0.5) is 17.1 Å². The van der Waals surface area contributed by atoms with Crippen molar-refractivity contribution < 1.29 is 4.92 Å². The first-order valence-corrected chi connectivity index (χ1v) is 8.57. The van der Waals surface area contributed by atoms with Crippen LogP contribution in [0.5, 0.6) is 0 Å². The number of hydrogen-bond acceptors (Lipinski definition) is 6. The average Bonchev–Trinajstić information content (AvgIpc) is 2.67. The normalized spacial score (nSPS) is 14.7. The smallest absolute Gasteiger partial charge is 0.270 e. The molecule has 1 aromatic carbocycles. The van der Waals surface area contributed by atoms with Gasteiger partial charge in [0.2, 0.25) is 0 Å². The maximum atomic E-state index is 11.2. The highest BCUT2D eigenvalue weighted by molar-refractivity contribution is 5.93. The lowest BCUT2D eigenvalue weighted by Crippen LogP contribution is -2.46. The van der Waals surface area contributed by atoms with Crippen LogP contribution in [0.2, 0.25) is 0 Å². The summed E-state index contributed by atoms with van der Waals surface area (Å²) >= 11 is 0. The standard InChI is InChI=1S/C19H19N5O2/c1-14-12-19(17-13-16(24(25)26)2-3-18(17)21-14)23-10-8-22(9-11-23)15-4-6-20-7-5-15/h2-7,12-13H,8-11H2,1H3. The van der Waals surface area contributed by atoms with E-state index in [2.05, 4.69) is 19.8 Å². The number of aromatic nitrogens is 2. The summed E-state index contributed by atoms with van der Waals surface area (Å²) in [6.07, 6.45) is 3.61. The third-order valence-corrected chi connectivity index (χ3v) is 4.76. The number of anilines is 2. The zero-order valence-corrected chi connectivity index (χ0v) is 14.5. The second-order valence-electron chi connectivity index (χ2n) is 6.42. The molecule has 3 heterocycles. The summed E-state index contributed by atoms with van der Waals surface area (Å²) in [5.41, 5.74) is 4.00. The number of nitrogens with zero attached hydrogens (tertiary/aromatic N) is 5. The Labute approximate surface area is 151 Å². The van der Waals surface area contributed by atoms with Crippen LogP contribution in [0, 0.1) is 17.0 Å². The van der Waals surface area contributed by atoms with Gasteiger partial charge in [-0.2, -0.15) is 0 Å². The Morgan fingerprint density at radius 1 is 1.00 bits per heavy atom. The Balaban J connectivity index is 1.64. The van der Waals surface area contributed by atoms with E-state index in [1.54, 1.807) is 24.5 Å². The number of rotatable bonds is 3. The topological polar surface area (TPSA) is 75.4 Å². The van der Waals surface area contributed by atoms with E-state index in [4.69, 9.17) is 0 Å². The lowest BCUT2D eigenvalue weighted by Gasteiger charge is -2.37. The summed E-state index contributed by atoms with van der Waals surface area (Å²) in [7, 11) is 0. The summed E-state index contributed by atoms with van der Waals surface area (Å²) in [6.45, 7) is 5.44. The molecule has 1 saturated heterocycles. The van der Waals surface area contributed by atoms with Crippen LogP contribution in [0.1, 0.15) is 5.69 Å². The Morgan fingerprint density at radius 3 is 2.38 bits per heavy atom. The highest BCUT2D eigenvalue weighted by atomic mass is 16.6. The summed E-state index contributed by atoms with van der Waals surface area (Å²) in [5, 5.41) is 12.0. The number of piperazine rings is 1. The van der Waals surface area contributed by atoms with Crippen LogP contribution in [-0.2, 0) is 0 Å². The quantitative estimate of drug-likeness (QED) is 0.534. The highest BCUT2D eigenvalue weighted by Crippen LogP contribution is 2.31. The van der Waals surface area contributed by atoms with Gasteiger partial charge in [0.15, 0.2) is 0 Å². The van der Waals surface area contributed by atoms with Crippen LogP contribution in [0.15, 0.2) is 48.8 Å². The molecule has 1 aliphatic heterocycles. The molecule has 0 amide bonds. The molecule has 0 spiro atoms. The van der Waals surface area contributed by atoms with E-state index in [1.807, 2.05) is 25.1 Å². The molecule has 0 saturated carbocycles. The zero-order chi connectivity index (χ0) is 18.1. The van der Waals surface area contributed by atoms with Gasteiger partial charge in [0.05, 0.1) is 10.4 Å². The second-order valence-corrected chi connectivity index (χ2v) is 6.42. The molecular formula is C19H19N5O2. The lowest BCUT2D eigenvalue weighted by atomic mass is 10.1. The second kappa shape index (κ2) is 6.59. The van der Waals surface area contributed by atoms with Crippen LogP contribution in [0.3, 0.4) is 0 Å². The predicted octanol–water partition coefficient (Wildman–Crippen LogP) is 3.17. The van der Waals surface area contributed by atoms with Crippen molar-refractivity contribution in [2.75, 3.05) is 36.0 Å². The van der Waals surface area contributed by atoms with Gasteiger partial charge in [0.25, 0.3) is 5.69 Å². The first-order chi connectivity index (χ1) is 12.6. The molecule has 0 unspecified atom stereocenters. The third-order valence-electron chi connectivity index (χ3n) is 4.76. The molecule has 26 heavy (non-hydrogen) atoms. The number of non-ortho nitro benzene ring substituents is 1. The fourth-order valence-corrected chi connectivity index (χ4v) is 3.46. The molecule has 2 aromatic heterocycles. The minimum atomic E-state index is -0.357. The Bertz CT molecular complexity index is 953. The Kier molecular flexibility index (Phi) is 4.12. The van der Waals surface area contributed by atoms with E-state index >= 15 is 0 Å². The molecule has 0 radical (unpaired) electrons. The molecule has 7 nitrogen and oxygen atoms in total. The number of hydrogen-bond donors (Lipinski definition) is 0. The first kappa shape index (κ1) is 16.3. The van der Waals surface area contributed by atoms with E-state index in [0.717, 1.165) is 48.5 Å². The van der Waals surface area contributed by atoms with Crippen molar-refractivity contribution in [1.29, 1.82) is 0 Å². The monoisotopic (exact) mass is 349 g/mol. The summed E-state index contributed by atoms with van der Waals surface area (Å²) in [6, 6.07) is 10.9. The van der Waals surface area contributed by atoms with Crippen molar-refractivity contribution in [3.05, 3.63) is 64.6 Å². The SMILES string of the molecule is Cc1cc(N2CCN(c3ccncc3)CC2)c2cc([N+](=O)[O-])ccc2n1. The maximum Gasteiger partial charge on any atom is 0.270 e. The molecule has 3 aromatic rings. The number of nitro benzene ring substituents is 1. The van der Waals surface area contributed by atoms with Gasteiger partial charge in [0.1, 0.15) is 0 Å². The Morgan fingerprint density at radius 2 is 1.69 bits per heavy atom. The van der Waals surface area contributed by atoms with Crippen molar-refractivity contribution in [2.24, 2.45) is 0 Å². The predicted molar refractivity (Wildman–Crippen MR) is 102 cm³/mol. The van der Waals surface area contributed by atoms with Crippen LogP contribution >= 0.6 is 0 Å². The third kappa shape index (κ3) is 3.03. The van der Waals surface area contributed by atoms with Gasteiger partial charge in [-0.1, -0.05) is 0 Å². The zero-order valence-electron chi connectivity index (χ0n) is 14.5. The fraction of sp³-hybridized carbons (Fsp3) is 0.263. The summed E-state index contributed by atoms with van der Waals surface area (Å²) in [4.78, 5) is 24.0. The number of nitro groups is 1. The molecule has 7 heteroatoms. The minimum Gasteiger partial charge on any atom is -0.368 e. The van der Waals surface area contributed by atoms with Crippen molar-refractivity contribution in [1.82, 2.24) is 9.97 Å². The van der Waals surface area contributed by atoms with Crippen molar-refractivity contribution in [2.45, 2.75) is 6.92 Å². The number of benzene rings is 1. The van der Waals surface area contributed by atoms with Crippen molar-refractivity contribution >= 4 is 28.0 Å². The van der Waals surface area contributed by atoms with Gasteiger partial charge < -0.3 is 9.80 Å². The molecule has 132 valence electrons. The van der Waals surface area contributed by atoms with Crippen LogP contribution in [-0.4, -0.2) is 41.1 Å². The molecule has 1 fully saturated rings. The molecule has 0 bridgehead atoms. The van der Waals surface area contributed by atoms with E-state index in [9.17, 15) is 10.1 Å². The van der Waals surface area contributed by atoms with E-state index in [0.29, 0.717) is 0 Å². The lowest BCUT2D eigenvalue weighted by molar-refractivity contribution is -0.384. The summed E-state index contributed by atoms with van der Waals surface area (Å²) in [5.74, 6) is 0. The van der Waals surface area contributed by atoms with E-state index in [-0.39, 0.29) is 10.6 Å². The van der Waals surface area contributed by atoms with Gasteiger partial charge in [0, 0.05) is 73.2 Å². The van der Waals surface area contributed by atoms with Gasteiger partial charge in [-0.15, -0.1) is 0 Å². The van der Waals surface area contributed by atoms with Gasteiger partial charge >= 0.3 is 0 Å². The molecule has 0 aliphatic carbocycles. The van der Waals surface area contributed by atoms with Gasteiger partial charge in [-0.3, -0.25) is 20.1 Å². The largest absolute Gasteiger partial charge is 0.368 e.